The van der Waals surface area contributed by atoms with Crippen molar-refractivity contribution in [3.8, 4) is 0 Å². The number of aryl methyl sites for hydroxylation is 1. The fourth-order valence-corrected chi connectivity index (χ4v) is 3.28. The van der Waals surface area contributed by atoms with E-state index in [9.17, 15) is 8.42 Å². The number of nitrogens with two attached hydrogens (primary N) is 1. The van der Waals surface area contributed by atoms with E-state index in [0.29, 0.717) is 6.54 Å². The van der Waals surface area contributed by atoms with Crippen LogP contribution in [0.3, 0.4) is 0 Å². The van der Waals surface area contributed by atoms with Gasteiger partial charge in [0, 0.05) is 5.38 Å². The zero-order chi connectivity index (χ0) is 14.4. The molecular weight excluding hydrogens is 294 g/mol. The molecule has 0 aliphatic carbocycles. The van der Waals surface area contributed by atoms with E-state index in [1.165, 1.54) is 11.3 Å². The first-order valence-electron chi connectivity index (χ1n) is 6.27. The lowest BCUT2D eigenvalue weighted by molar-refractivity contribution is 0.580. The van der Waals surface area contributed by atoms with Gasteiger partial charge in [0.25, 0.3) is 0 Å². The van der Waals surface area contributed by atoms with Gasteiger partial charge in [-0.05, 0) is 37.1 Å². The summed E-state index contributed by atoms with van der Waals surface area (Å²) in [6, 6.07) is 6.89. The first-order chi connectivity index (χ1) is 9.62. The number of thiazole rings is 1. The van der Waals surface area contributed by atoms with Crippen LogP contribution in [-0.2, 0) is 23.0 Å². The molecule has 20 heavy (non-hydrogen) atoms. The molecule has 1 aromatic heterocycles. The molecule has 2 aromatic rings. The lowest BCUT2D eigenvalue weighted by Crippen LogP contribution is -2.23. The quantitative estimate of drug-likeness (QED) is 0.812. The molecular formula is C13H17N3O2S2. The second-order valence-electron chi connectivity index (χ2n) is 4.34. The summed E-state index contributed by atoms with van der Waals surface area (Å²) in [4.78, 5) is 4.31. The van der Waals surface area contributed by atoms with E-state index < -0.39 is 10.0 Å². The normalized spacial score (nSPS) is 11.7. The standard InChI is InChI=1S/C13H17N3O2S2/c14-7-1-2-11-3-5-13(6-4-11)20(17,18)16-8-12-9-19-10-15-12/h3-6,9-10,16H,1-2,7-8,14H2. The van der Waals surface area contributed by atoms with Gasteiger partial charge in [-0.15, -0.1) is 11.3 Å². The molecule has 2 rings (SSSR count). The summed E-state index contributed by atoms with van der Waals surface area (Å²) in [6.45, 7) is 0.843. The van der Waals surface area contributed by atoms with Crippen molar-refractivity contribution >= 4 is 21.4 Å². The Morgan fingerprint density at radius 3 is 2.60 bits per heavy atom. The summed E-state index contributed by atoms with van der Waals surface area (Å²) in [7, 11) is -3.48. The van der Waals surface area contributed by atoms with E-state index in [2.05, 4.69) is 9.71 Å². The summed E-state index contributed by atoms with van der Waals surface area (Å²) in [6.07, 6.45) is 1.76. The Balaban J connectivity index is 2.01. The van der Waals surface area contributed by atoms with Crippen molar-refractivity contribution in [2.45, 2.75) is 24.3 Å². The van der Waals surface area contributed by atoms with E-state index in [4.69, 9.17) is 5.73 Å². The van der Waals surface area contributed by atoms with Crippen LogP contribution in [0.4, 0.5) is 0 Å². The molecule has 0 radical (unpaired) electrons. The van der Waals surface area contributed by atoms with Gasteiger partial charge in [0.15, 0.2) is 0 Å². The van der Waals surface area contributed by atoms with Crippen LogP contribution < -0.4 is 10.5 Å². The van der Waals surface area contributed by atoms with Crippen molar-refractivity contribution in [1.29, 1.82) is 0 Å². The minimum atomic E-state index is -3.48. The molecule has 108 valence electrons. The van der Waals surface area contributed by atoms with Crippen molar-refractivity contribution in [2.75, 3.05) is 6.54 Å². The highest BCUT2D eigenvalue weighted by Gasteiger charge is 2.13. The van der Waals surface area contributed by atoms with Gasteiger partial charge in [-0.3, -0.25) is 0 Å². The van der Waals surface area contributed by atoms with Gasteiger partial charge in [-0.2, -0.15) is 0 Å². The smallest absolute Gasteiger partial charge is 0.240 e. The summed E-state index contributed by atoms with van der Waals surface area (Å²) in [5.41, 5.74) is 8.94. The van der Waals surface area contributed by atoms with Crippen LogP contribution in [0.15, 0.2) is 40.1 Å². The first kappa shape index (κ1) is 15.1. The Hall–Kier alpha value is -1.28. The minimum Gasteiger partial charge on any atom is -0.330 e. The number of aromatic nitrogens is 1. The molecule has 0 spiro atoms. The Morgan fingerprint density at radius 2 is 2.00 bits per heavy atom. The van der Waals surface area contributed by atoms with Gasteiger partial charge in [0.2, 0.25) is 10.0 Å². The number of hydrogen-bond donors (Lipinski definition) is 2. The van der Waals surface area contributed by atoms with Crippen LogP contribution in [0.1, 0.15) is 17.7 Å². The molecule has 0 saturated heterocycles. The predicted octanol–water partition coefficient (Wildman–Crippen LogP) is 1.51. The molecule has 5 nitrogen and oxygen atoms in total. The molecule has 0 amide bonds. The second-order valence-corrected chi connectivity index (χ2v) is 6.83. The molecule has 0 saturated carbocycles. The number of nitrogens with one attached hydrogen (secondary N) is 1. The molecule has 7 heteroatoms. The summed E-state index contributed by atoms with van der Waals surface area (Å²) >= 11 is 1.44. The minimum absolute atomic E-state index is 0.209. The summed E-state index contributed by atoms with van der Waals surface area (Å²) < 4.78 is 26.7. The van der Waals surface area contributed by atoms with Gasteiger partial charge < -0.3 is 5.73 Å². The number of hydrogen-bond acceptors (Lipinski definition) is 5. The van der Waals surface area contributed by atoms with Gasteiger partial charge >= 0.3 is 0 Å². The van der Waals surface area contributed by atoms with Crippen LogP contribution in [0.2, 0.25) is 0 Å². The number of sulfonamides is 1. The van der Waals surface area contributed by atoms with E-state index in [1.807, 2.05) is 17.5 Å². The van der Waals surface area contributed by atoms with E-state index in [1.54, 1.807) is 17.6 Å². The highest BCUT2D eigenvalue weighted by Crippen LogP contribution is 2.12. The highest BCUT2D eigenvalue weighted by molar-refractivity contribution is 7.89. The van der Waals surface area contributed by atoms with Crippen LogP contribution in [-0.4, -0.2) is 19.9 Å². The molecule has 1 aromatic carbocycles. The van der Waals surface area contributed by atoms with Crippen molar-refractivity contribution in [1.82, 2.24) is 9.71 Å². The summed E-state index contributed by atoms with van der Waals surface area (Å²) in [5, 5.41) is 1.82. The van der Waals surface area contributed by atoms with Crippen LogP contribution in [0.5, 0.6) is 0 Å². The monoisotopic (exact) mass is 311 g/mol. The Kier molecular flexibility index (Phi) is 5.24. The van der Waals surface area contributed by atoms with E-state index >= 15 is 0 Å². The number of rotatable bonds is 7. The Labute approximate surface area is 122 Å². The number of benzene rings is 1. The zero-order valence-electron chi connectivity index (χ0n) is 11.0. The van der Waals surface area contributed by atoms with E-state index in [-0.39, 0.29) is 11.4 Å². The largest absolute Gasteiger partial charge is 0.330 e. The zero-order valence-corrected chi connectivity index (χ0v) is 12.6. The molecule has 3 N–H and O–H groups in total. The molecule has 0 atom stereocenters. The maximum atomic E-state index is 12.1. The van der Waals surface area contributed by atoms with Gasteiger partial charge in [0.05, 0.1) is 22.6 Å². The average molecular weight is 311 g/mol. The highest BCUT2D eigenvalue weighted by atomic mass is 32.2. The third-order valence-corrected chi connectivity index (χ3v) is 4.88. The fourth-order valence-electron chi connectivity index (χ4n) is 1.72. The van der Waals surface area contributed by atoms with Crippen molar-refractivity contribution in [2.24, 2.45) is 5.73 Å². The van der Waals surface area contributed by atoms with Crippen molar-refractivity contribution < 1.29 is 8.42 Å². The van der Waals surface area contributed by atoms with Gasteiger partial charge in [0.1, 0.15) is 0 Å². The average Bonchev–Trinajstić information content (AvgIpc) is 2.97. The Morgan fingerprint density at radius 1 is 1.25 bits per heavy atom. The molecule has 0 aliphatic rings. The SMILES string of the molecule is NCCCc1ccc(S(=O)(=O)NCc2cscn2)cc1. The van der Waals surface area contributed by atoms with Gasteiger partial charge in [-0.1, -0.05) is 12.1 Å². The maximum Gasteiger partial charge on any atom is 0.240 e. The van der Waals surface area contributed by atoms with Crippen molar-refractivity contribution in [3.63, 3.8) is 0 Å². The van der Waals surface area contributed by atoms with Crippen LogP contribution in [0, 0.1) is 0 Å². The van der Waals surface area contributed by atoms with Gasteiger partial charge in [-0.25, -0.2) is 18.1 Å². The first-order valence-corrected chi connectivity index (χ1v) is 8.70. The lowest BCUT2D eigenvalue weighted by atomic mass is 10.1. The number of nitrogens with zero attached hydrogens (tertiary/aromatic N) is 1. The maximum absolute atomic E-state index is 12.1. The molecule has 0 aliphatic heterocycles. The van der Waals surface area contributed by atoms with Crippen LogP contribution >= 0.6 is 11.3 Å². The van der Waals surface area contributed by atoms with E-state index in [0.717, 1.165) is 24.1 Å². The third kappa shape index (κ3) is 4.11. The topological polar surface area (TPSA) is 85.1 Å². The predicted molar refractivity (Wildman–Crippen MR) is 80.0 cm³/mol. The summed E-state index contributed by atoms with van der Waals surface area (Å²) in [5.74, 6) is 0. The Bertz CT molecular complexity index is 622. The molecule has 0 unspecified atom stereocenters. The fraction of sp³-hybridized carbons (Fsp3) is 0.308. The van der Waals surface area contributed by atoms with Crippen LogP contribution in [0.25, 0.3) is 0 Å². The lowest BCUT2D eigenvalue weighted by Gasteiger charge is -2.06. The molecule has 0 fully saturated rings. The van der Waals surface area contributed by atoms with Crippen molar-refractivity contribution in [3.05, 3.63) is 46.4 Å². The molecule has 0 bridgehead atoms. The molecule has 1 heterocycles. The second kappa shape index (κ2) is 6.94. The third-order valence-electron chi connectivity index (χ3n) is 2.83.